The lowest BCUT2D eigenvalue weighted by atomic mass is 10.1. The van der Waals surface area contributed by atoms with Crippen LogP contribution in [0.4, 0.5) is 0 Å². The van der Waals surface area contributed by atoms with Gasteiger partial charge in [0.15, 0.2) is 0 Å². The first-order valence-corrected chi connectivity index (χ1v) is 9.53. The van der Waals surface area contributed by atoms with Crippen molar-refractivity contribution < 1.29 is 39.0 Å². The zero-order valence-corrected chi connectivity index (χ0v) is 17.0. The van der Waals surface area contributed by atoms with Crippen LogP contribution in [-0.4, -0.2) is 77.0 Å². The van der Waals surface area contributed by atoms with E-state index in [1.54, 1.807) is 0 Å². The Hall–Kier alpha value is -3.26. The molecule has 14 nitrogen and oxygen atoms in total. The molecule has 0 aromatic rings. The normalized spacial score (nSPS) is 13.4. The Kier molecular flexibility index (Phi) is 13.1. The first kappa shape index (κ1) is 27.7. The van der Waals surface area contributed by atoms with Gasteiger partial charge in [0.1, 0.15) is 18.6 Å². The van der Waals surface area contributed by atoms with Gasteiger partial charge < -0.3 is 43.4 Å². The molecule has 3 atom stereocenters. The zero-order chi connectivity index (χ0) is 24.0. The molecule has 14 heteroatoms. The minimum Gasteiger partial charge on any atom is -0.481 e. The SMILES string of the molecule is NCCCCC(NC(=O)C(N)CCC(N)=O)C(=O)NC(CC(=O)O)C(=O)NCC(=O)O. The maximum atomic E-state index is 12.6. The Morgan fingerprint density at radius 2 is 1.42 bits per heavy atom. The second kappa shape index (κ2) is 14.7. The minimum absolute atomic E-state index is 0.0441. The van der Waals surface area contributed by atoms with Crippen LogP contribution in [0, 0.1) is 0 Å². The van der Waals surface area contributed by atoms with Crippen LogP contribution < -0.4 is 33.2 Å². The monoisotopic (exact) mass is 446 g/mol. The first-order chi connectivity index (χ1) is 14.5. The van der Waals surface area contributed by atoms with E-state index < -0.39 is 66.7 Å². The molecule has 3 unspecified atom stereocenters. The van der Waals surface area contributed by atoms with Crippen molar-refractivity contribution in [3.05, 3.63) is 0 Å². The standard InChI is InChI=1S/C17H30N6O8/c18-6-2-1-3-10(22-15(29)9(19)4-5-12(20)24)17(31)23-11(7-13(25)26)16(30)21-8-14(27)28/h9-11H,1-8,18-19H2,(H2,20,24)(H,21,30)(H,22,29)(H,23,31)(H,25,26)(H,27,28). The fraction of sp³-hybridized carbons (Fsp3) is 0.647. The van der Waals surface area contributed by atoms with Gasteiger partial charge in [0.2, 0.25) is 23.6 Å². The molecule has 0 saturated carbocycles. The molecule has 0 aliphatic rings. The van der Waals surface area contributed by atoms with Gasteiger partial charge in [0, 0.05) is 6.42 Å². The van der Waals surface area contributed by atoms with Crippen LogP contribution in [0.5, 0.6) is 0 Å². The summed E-state index contributed by atoms with van der Waals surface area (Å²) in [6, 6.07) is -3.85. The number of carbonyl (C=O) groups is 6. The molecule has 0 aromatic heterocycles. The molecule has 0 radical (unpaired) electrons. The topological polar surface area (TPSA) is 257 Å². The van der Waals surface area contributed by atoms with Gasteiger partial charge in [-0.15, -0.1) is 0 Å². The number of nitrogens with two attached hydrogens (primary N) is 3. The van der Waals surface area contributed by atoms with Crippen molar-refractivity contribution in [2.45, 2.75) is 56.7 Å². The molecule has 0 rings (SSSR count). The highest BCUT2D eigenvalue weighted by Crippen LogP contribution is 2.05. The number of aliphatic carboxylic acids is 2. The summed E-state index contributed by atoms with van der Waals surface area (Å²) in [5.41, 5.74) is 16.1. The van der Waals surface area contributed by atoms with Crippen molar-refractivity contribution in [3.63, 3.8) is 0 Å². The third kappa shape index (κ3) is 12.8. The summed E-state index contributed by atoms with van der Waals surface area (Å²) in [5.74, 6) is -6.02. The van der Waals surface area contributed by atoms with Crippen LogP contribution in [0.2, 0.25) is 0 Å². The molecular formula is C17H30N6O8. The Balaban J connectivity index is 5.24. The molecule has 4 amide bonds. The molecule has 0 aliphatic carbocycles. The number of primary amides is 1. The van der Waals surface area contributed by atoms with Crippen molar-refractivity contribution in [3.8, 4) is 0 Å². The number of hydrogen-bond acceptors (Lipinski definition) is 8. The van der Waals surface area contributed by atoms with Crippen LogP contribution in [0.25, 0.3) is 0 Å². The number of nitrogens with one attached hydrogen (secondary N) is 3. The third-order valence-corrected chi connectivity index (χ3v) is 4.04. The quantitative estimate of drug-likeness (QED) is 0.108. The van der Waals surface area contributed by atoms with E-state index in [9.17, 15) is 28.8 Å². The van der Waals surface area contributed by atoms with Gasteiger partial charge >= 0.3 is 11.9 Å². The minimum atomic E-state index is -1.57. The van der Waals surface area contributed by atoms with E-state index in [0.29, 0.717) is 19.4 Å². The number of carbonyl (C=O) groups excluding carboxylic acids is 4. The van der Waals surface area contributed by atoms with Gasteiger partial charge in [-0.25, -0.2) is 0 Å². The Morgan fingerprint density at radius 1 is 0.806 bits per heavy atom. The molecule has 11 N–H and O–H groups in total. The third-order valence-electron chi connectivity index (χ3n) is 4.04. The summed E-state index contributed by atoms with van der Waals surface area (Å²) in [4.78, 5) is 69.4. The smallest absolute Gasteiger partial charge is 0.322 e. The number of rotatable bonds is 16. The van der Waals surface area contributed by atoms with Crippen LogP contribution in [0.3, 0.4) is 0 Å². The summed E-state index contributed by atoms with van der Waals surface area (Å²) < 4.78 is 0. The fourth-order valence-corrected chi connectivity index (χ4v) is 2.41. The van der Waals surface area contributed by atoms with E-state index in [4.69, 9.17) is 27.4 Å². The molecule has 0 fully saturated rings. The summed E-state index contributed by atoms with van der Waals surface area (Å²) in [5, 5.41) is 24.2. The maximum Gasteiger partial charge on any atom is 0.322 e. The van der Waals surface area contributed by atoms with Gasteiger partial charge in [0.25, 0.3) is 0 Å². The van der Waals surface area contributed by atoms with Gasteiger partial charge in [-0.3, -0.25) is 28.8 Å². The van der Waals surface area contributed by atoms with E-state index in [2.05, 4.69) is 10.6 Å². The van der Waals surface area contributed by atoms with Gasteiger partial charge in [-0.2, -0.15) is 0 Å². The number of hydrogen-bond donors (Lipinski definition) is 8. The highest BCUT2D eigenvalue weighted by atomic mass is 16.4. The average molecular weight is 446 g/mol. The molecule has 0 aliphatic heterocycles. The molecule has 0 bridgehead atoms. The second-order valence-electron chi connectivity index (χ2n) is 6.73. The lowest BCUT2D eigenvalue weighted by Crippen LogP contribution is -2.56. The van der Waals surface area contributed by atoms with E-state index in [0.717, 1.165) is 0 Å². The van der Waals surface area contributed by atoms with E-state index >= 15 is 0 Å². The van der Waals surface area contributed by atoms with Crippen LogP contribution in [0.1, 0.15) is 38.5 Å². The zero-order valence-electron chi connectivity index (χ0n) is 17.0. The fourth-order valence-electron chi connectivity index (χ4n) is 2.41. The predicted octanol–water partition coefficient (Wildman–Crippen LogP) is -3.65. The number of carboxylic acid groups (broad SMARTS) is 2. The van der Waals surface area contributed by atoms with Crippen LogP contribution in [0.15, 0.2) is 0 Å². The molecular weight excluding hydrogens is 416 g/mol. The average Bonchev–Trinajstić information content (AvgIpc) is 2.68. The highest BCUT2D eigenvalue weighted by Gasteiger charge is 2.29. The Labute approximate surface area is 178 Å². The first-order valence-electron chi connectivity index (χ1n) is 9.53. The molecule has 0 spiro atoms. The largest absolute Gasteiger partial charge is 0.481 e. The molecule has 31 heavy (non-hydrogen) atoms. The van der Waals surface area contributed by atoms with Crippen LogP contribution in [-0.2, 0) is 28.8 Å². The van der Waals surface area contributed by atoms with Gasteiger partial charge in [0.05, 0.1) is 12.5 Å². The summed E-state index contributed by atoms with van der Waals surface area (Å²) in [6.45, 7) is -0.435. The van der Waals surface area contributed by atoms with Gasteiger partial charge in [-0.1, -0.05) is 0 Å². The van der Waals surface area contributed by atoms with Crippen molar-refractivity contribution in [1.29, 1.82) is 0 Å². The lowest BCUT2D eigenvalue weighted by molar-refractivity contribution is -0.141. The molecule has 176 valence electrons. The number of carboxylic acids is 2. The summed E-state index contributed by atoms with van der Waals surface area (Å²) in [7, 11) is 0. The molecule has 0 saturated heterocycles. The van der Waals surface area contributed by atoms with E-state index in [1.165, 1.54) is 0 Å². The predicted molar refractivity (Wildman–Crippen MR) is 106 cm³/mol. The Bertz CT molecular complexity index is 671. The van der Waals surface area contributed by atoms with Crippen molar-refractivity contribution >= 4 is 35.6 Å². The van der Waals surface area contributed by atoms with Crippen molar-refractivity contribution in [1.82, 2.24) is 16.0 Å². The molecule has 0 aromatic carbocycles. The van der Waals surface area contributed by atoms with E-state index in [1.807, 2.05) is 5.32 Å². The van der Waals surface area contributed by atoms with Gasteiger partial charge in [-0.05, 0) is 32.2 Å². The summed E-state index contributed by atoms with van der Waals surface area (Å²) in [6.07, 6.45) is 0.0957. The molecule has 0 heterocycles. The van der Waals surface area contributed by atoms with Crippen molar-refractivity contribution in [2.75, 3.05) is 13.1 Å². The highest BCUT2D eigenvalue weighted by molar-refractivity contribution is 5.95. The Morgan fingerprint density at radius 3 is 1.94 bits per heavy atom. The van der Waals surface area contributed by atoms with Crippen molar-refractivity contribution in [2.24, 2.45) is 17.2 Å². The second-order valence-corrected chi connectivity index (χ2v) is 6.73. The van der Waals surface area contributed by atoms with Crippen LogP contribution >= 0.6 is 0 Å². The lowest BCUT2D eigenvalue weighted by Gasteiger charge is -2.23. The van der Waals surface area contributed by atoms with E-state index in [-0.39, 0.29) is 19.3 Å². The number of unbranched alkanes of at least 4 members (excludes halogenated alkanes) is 1. The summed E-state index contributed by atoms with van der Waals surface area (Å²) >= 11 is 0. The number of amides is 4. The maximum absolute atomic E-state index is 12.6.